The molecule has 166 valence electrons. The van der Waals surface area contributed by atoms with E-state index in [0.29, 0.717) is 17.2 Å². The van der Waals surface area contributed by atoms with Crippen molar-refractivity contribution in [1.29, 1.82) is 0 Å². The molecule has 10 heteroatoms. The summed E-state index contributed by atoms with van der Waals surface area (Å²) in [5.41, 5.74) is 1.04. The Bertz CT molecular complexity index is 1030. The maximum atomic E-state index is 12.7. The first-order valence-electron chi connectivity index (χ1n) is 10.2. The summed E-state index contributed by atoms with van der Waals surface area (Å²) in [4.78, 5) is 30.3. The van der Waals surface area contributed by atoms with Gasteiger partial charge in [0.05, 0.1) is 16.6 Å². The molecule has 1 fully saturated rings. The Morgan fingerprint density at radius 3 is 2.35 bits per heavy atom. The molecule has 0 saturated carbocycles. The molecule has 0 radical (unpaired) electrons. The van der Waals surface area contributed by atoms with E-state index < -0.39 is 22.0 Å². The minimum Gasteiger partial charge on any atom is -0.355 e. The van der Waals surface area contributed by atoms with Crippen LogP contribution in [0.15, 0.2) is 47.5 Å². The number of piperidine rings is 1. The highest BCUT2D eigenvalue weighted by Crippen LogP contribution is 2.26. The number of sulfonamides is 1. The lowest BCUT2D eigenvalue weighted by atomic mass is 10.1. The van der Waals surface area contributed by atoms with Crippen LogP contribution in [0.3, 0.4) is 0 Å². The number of anilines is 3. The second-order valence-corrected chi connectivity index (χ2v) is 9.17. The van der Waals surface area contributed by atoms with Crippen LogP contribution >= 0.6 is 0 Å². The van der Waals surface area contributed by atoms with Gasteiger partial charge in [-0.1, -0.05) is 0 Å². The van der Waals surface area contributed by atoms with Gasteiger partial charge in [0.2, 0.25) is 21.8 Å². The van der Waals surface area contributed by atoms with Gasteiger partial charge in [-0.05, 0) is 62.6 Å². The summed E-state index contributed by atoms with van der Waals surface area (Å²) in [7, 11) is -3.92. The molecule has 9 nitrogen and oxygen atoms in total. The third kappa shape index (κ3) is 6.02. The quantitative estimate of drug-likeness (QED) is 0.602. The predicted octanol–water partition coefficient (Wildman–Crippen LogP) is 2.34. The van der Waals surface area contributed by atoms with E-state index in [0.717, 1.165) is 25.9 Å². The van der Waals surface area contributed by atoms with Crippen LogP contribution in [-0.2, 0) is 19.6 Å². The van der Waals surface area contributed by atoms with Gasteiger partial charge in [0, 0.05) is 31.9 Å². The summed E-state index contributed by atoms with van der Waals surface area (Å²) in [6.07, 6.45) is 4.99. The molecule has 2 aromatic rings. The maximum absolute atomic E-state index is 12.7. The number of rotatable bonds is 7. The Balaban J connectivity index is 1.67. The van der Waals surface area contributed by atoms with E-state index in [1.807, 2.05) is 0 Å². The average molecular weight is 446 g/mol. The summed E-state index contributed by atoms with van der Waals surface area (Å²) in [5, 5.41) is 5.37. The zero-order valence-corrected chi connectivity index (χ0v) is 18.4. The molecule has 1 saturated heterocycles. The molecule has 0 spiro atoms. The second-order valence-electron chi connectivity index (χ2n) is 7.46. The Kier molecular flexibility index (Phi) is 7.24. The number of benzene rings is 1. The molecule has 3 rings (SSSR count). The Morgan fingerprint density at radius 2 is 1.71 bits per heavy atom. The van der Waals surface area contributed by atoms with E-state index in [4.69, 9.17) is 0 Å². The van der Waals surface area contributed by atoms with E-state index in [1.165, 1.54) is 44.5 Å². The zero-order valence-electron chi connectivity index (χ0n) is 17.6. The summed E-state index contributed by atoms with van der Waals surface area (Å²) in [6, 6.07) is 8.20. The highest BCUT2D eigenvalue weighted by molar-refractivity contribution is 7.89. The van der Waals surface area contributed by atoms with Gasteiger partial charge in [-0.2, -0.15) is 4.72 Å². The smallest absolute Gasteiger partial charge is 0.242 e. The summed E-state index contributed by atoms with van der Waals surface area (Å²) in [6.45, 7) is 4.59. The third-order valence-electron chi connectivity index (χ3n) is 4.91. The van der Waals surface area contributed by atoms with Crippen LogP contribution in [-0.4, -0.2) is 44.3 Å². The number of amides is 2. The number of hydrogen-bond donors (Lipinski definition) is 3. The van der Waals surface area contributed by atoms with Gasteiger partial charge < -0.3 is 15.5 Å². The van der Waals surface area contributed by atoms with Crippen molar-refractivity contribution in [2.24, 2.45) is 0 Å². The van der Waals surface area contributed by atoms with E-state index >= 15 is 0 Å². The highest BCUT2D eigenvalue weighted by Gasteiger charge is 2.24. The molecule has 31 heavy (non-hydrogen) atoms. The minimum absolute atomic E-state index is 0.00312. The largest absolute Gasteiger partial charge is 0.355 e. The van der Waals surface area contributed by atoms with Gasteiger partial charge in [0.1, 0.15) is 0 Å². The Hall–Kier alpha value is -2.98. The van der Waals surface area contributed by atoms with Gasteiger partial charge in [-0.25, -0.2) is 13.4 Å². The lowest BCUT2D eigenvalue weighted by Crippen LogP contribution is -2.42. The number of carbonyl (C=O) groups is 2. The monoisotopic (exact) mass is 445 g/mol. The SMILES string of the molecule is CC(=O)Nc1ccc(S(=O)(=O)N[C@@H](C)C(=O)Nc2cccnc2N2CCCCC2)cc1. The molecule has 1 aromatic heterocycles. The van der Waals surface area contributed by atoms with E-state index in [2.05, 4.69) is 25.2 Å². The van der Waals surface area contributed by atoms with Gasteiger partial charge >= 0.3 is 0 Å². The maximum Gasteiger partial charge on any atom is 0.242 e. The molecule has 1 aromatic carbocycles. The molecule has 1 aliphatic heterocycles. The molecular weight excluding hydrogens is 418 g/mol. The fourth-order valence-corrected chi connectivity index (χ4v) is 4.57. The normalized spacial score (nSPS) is 15.2. The summed E-state index contributed by atoms with van der Waals surface area (Å²) < 4.78 is 27.7. The molecular formula is C21H27N5O4S. The minimum atomic E-state index is -3.92. The molecule has 1 aliphatic rings. The van der Waals surface area contributed by atoms with Crippen LogP contribution in [0.1, 0.15) is 33.1 Å². The first kappa shape index (κ1) is 22.7. The first-order valence-corrected chi connectivity index (χ1v) is 11.7. The van der Waals surface area contributed by atoms with Crippen LogP contribution in [0.5, 0.6) is 0 Å². The number of aromatic nitrogens is 1. The molecule has 2 heterocycles. The van der Waals surface area contributed by atoms with Crippen molar-refractivity contribution in [2.45, 2.75) is 44.0 Å². The van der Waals surface area contributed by atoms with Crippen molar-refractivity contribution in [3.05, 3.63) is 42.6 Å². The number of hydrogen-bond acceptors (Lipinski definition) is 6. The van der Waals surface area contributed by atoms with Crippen LogP contribution in [0.25, 0.3) is 0 Å². The van der Waals surface area contributed by atoms with Crippen molar-refractivity contribution >= 4 is 39.0 Å². The lowest BCUT2D eigenvalue weighted by Gasteiger charge is -2.29. The number of pyridine rings is 1. The Labute approximate surface area is 182 Å². The fourth-order valence-electron chi connectivity index (χ4n) is 3.37. The molecule has 2 amide bonds. The molecule has 0 aliphatic carbocycles. The van der Waals surface area contributed by atoms with Crippen molar-refractivity contribution < 1.29 is 18.0 Å². The molecule has 3 N–H and O–H groups in total. The number of nitrogens with one attached hydrogen (secondary N) is 3. The van der Waals surface area contributed by atoms with Crippen LogP contribution < -0.4 is 20.3 Å². The van der Waals surface area contributed by atoms with Gasteiger partial charge in [-0.3, -0.25) is 9.59 Å². The molecule has 0 unspecified atom stereocenters. The van der Waals surface area contributed by atoms with Crippen molar-refractivity contribution in [1.82, 2.24) is 9.71 Å². The van der Waals surface area contributed by atoms with Gasteiger partial charge in [0.25, 0.3) is 0 Å². The van der Waals surface area contributed by atoms with Crippen molar-refractivity contribution in [3.8, 4) is 0 Å². The standard InChI is InChI=1S/C21H27N5O4S/c1-15(25-31(29,30)18-10-8-17(9-11-18)23-16(2)27)21(28)24-19-7-6-12-22-20(19)26-13-4-3-5-14-26/h6-12,15,25H,3-5,13-14H2,1-2H3,(H,23,27)(H,24,28)/t15-/m0/s1. The van der Waals surface area contributed by atoms with Crippen LogP contribution in [0, 0.1) is 0 Å². The van der Waals surface area contributed by atoms with Crippen LogP contribution in [0.2, 0.25) is 0 Å². The molecule has 0 bridgehead atoms. The number of nitrogens with zero attached hydrogens (tertiary/aromatic N) is 2. The zero-order chi connectivity index (χ0) is 22.4. The van der Waals surface area contributed by atoms with Gasteiger partial charge in [0.15, 0.2) is 5.82 Å². The van der Waals surface area contributed by atoms with Crippen LogP contribution in [0.4, 0.5) is 17.2 Å². The predicted molar refractivity (Wildman–Crippen MR) is 119 cm³/mol. The first-order chi connectivity index (χ1) is 14.8. The van der Waals surface area contributed by atoms with E-state index in [1.54, 1.807) is 18.3 Å². The topological polar surface area (TPSA) is 120 Å². The van der Waals surface area contributed by atoms with Crippen molar-refractivity contribution in [2.75, 3.05) is 28.6 Å². The fraction of sp³-hybridized carbons (Fsp3) is 0.381. The molecule has 1 atom stereocenters. The third-order valence-corrected chi connectivity index (χ3v) is 6.47. The van der Waals surface area contributed by atoms with Crippen molar-refractivity contribution in [3.63, 3.8) is 0 Å². The average Bonchev–Trinajstić information content (AvgIpc) is 2.74. The highest BCUT2D eigenvalue weighted by atomic mass is 32.2. The lowest BCUT2D eigenvalue weighted by molar-refractivity contribution is -0.117. The van der Waals surface area contributed by atoms with E-state index in [-0.39, 0.29) is 10.8 Å². The Morgan fingerprint density at radius 1 is 1.03 bits per heavy atom. The van der Waals surface area contributed by atoms with E-state index in [9.17, 15) is 18.0 Å². The summed E-state index contributed by atoms with van der Waals surface area (Å²) >= 11 is 0. The second kappa shape index (κ2) is 9.88. The van der Waals surface area contributed by atoms with Gasteiger partial charge in [-0.15, -0.1) is 0 Å². The summed E-state index contributed by atoms with van der Waals surface area (Å²) in [5.74, 6) is -0.0396. The number of carbonyl (C=O) groups excluding carboxylic acids is 2.